The van der Waals surface area contributed by atoms with Crippen LogP contribution < -0.4 is 5.32 Å². The van der Waals surface area contributed by atoms with Gasteiger partial charge in [0.2, 0.25) is 5.91 Å². The number of piperidine rings is 1. The van der Waals surface area contributed by atoms with Gasteiger partial charge in [-0.25, -0.2) is 0 Å². The van der Waals surface area contributed by atoms with Crippen molar-refractivity contribution >= 4 is 5.91 Å². The molecule has 5 nitrogen and oxygen atoms in total. The normalized spacial score (nSPS) is 31.4. The second-order valence-electron chi connectivity index (χ2n) is 8.08. The minimum Gasteiger partial charge on any atom is -0.391 e. The Labute approximate surface area is 146 Å². The number of carbonyl (C=O) groups excluding carboxylic acids is 1. The third-order valence-corrected chi connectivity index (χ3v) is 6.60. The maximum atomic E-state index is 12.7. The van der Waals surface area contributed by atoms with Crippen molar-refractivity contribution in [2.24, 2.45) is 5.41 Å². The smallest absolute Gasteiger partial charge is 0.226 e. The van der Waals surface area contributed by atoms with E-state index in [9.17, 15) is 9.90 Å². The number of likely N-dealkylation sites (tertiary alicyclic amines) is 1. The molecule has 24 heavy (non-hydrogen) atoms. The lowest BCUT2D eigenvalue weighted by molar-refractivity contribution is -0.138. The van der Waals surface area contributed by atoms with Gasteiger partial charge in [0, 0.05) is 38.9 Å². The van der Waals surface area contributed by atoms with E-state index in [1.54, 1.807) is 7.11 Å². The van der Waals surface area contributed by atoms with E-state index in [-0.39, 0.29) is 17.4 Å². The fourth-order valence-corrected chi connectivity index (χ4v) is 4.72. The van der Waals surface area contributed by atoms with Gasteiger partial charge in [-0.3, -0.25) is 9.69 Å². The van der Waals surface area contributed by atoms with Gasteiger partial charge in [0.05, 0.1) is 11.5 Å². The molecule has 3 fully saturated rings. The van der Waals surface area contributed by atoms with Gasteiger partial charge in [-0.2, -0.15) is 0 Å². The summed E-state index contributed by atoms with van der Waals surface area (Å²) in [6.45, 7) is 2.67. The number of nitrogens with one attached hydrogen (secondary N) is 1. The number of hydrogen-bond donors (Lipinski definition) is 2. The first-order chi connectivity index (χ1) is 11.6. The van der Waals surface area contributed by atoms with Crippen molar-refractivity contribution in [2.75, 3.05) is 26.8 Å². The number of hydrogen-bond acceptors (Lipinski definition) is 4. The summed E-state index contributed by atoms with van der Waals surface area (Å²) >= 11 is 0. The molecule has 3 aliphatic rings. The molecule has 0 spiro atoms. The molecule has 2 N–H and O–H groups in total. The van der Waals surface area contributed by atoms with E-state index in [0.717, 1.165) is 70.9 Å². The number of rotatable bonds is 6. The standard InChI is InChI=1S/C19H34N2O3/c1-24-14-11-19(9-4-10-19)18(23)20-15-7-12-21(13-8-15)16-5-2-3-6-17(16)22/h15-17,22H,2-14H2,1H3,(H,20,23). The van der Waals surface area contributed by atoms with Crippen LogP contribution in [0.5, 0.6) is 0 Å². The van der Waals surface area contributed by atoms with Crippen LogP contribution in [0.4, 0.5) is 0 Å². The summed E-state index contributed by atoms with van der Waals surface area (Å²) in [7, 11) is 1.71. The van der Waals surface area contributed by atoms with Crippen LogP contribution in [0, 0.1) is 5.41 Å². The van der Waals surface area contributed by atoms with Crippen LogP contribution in [0.3, 0.4) is 0 Å². The second-order valence-corrected chi connectivity index (χ2v) is 8.08. The molecule has 5 heteroatoms. The Hall–Kier alpha value is -0.650. The Kier molecular flexibility index (Phi) is 6.17. The molecule has 1 saturated heterocycles. The molecule has 2 aliphatic carbocycles. The first-order valence-corrected chi connectivity index (χ1v) is 9.87. The van der Waals surface area contributed by atoms with Gasteiger partial charge in [0.15, 0.2) is 0 Å². The molecule has 138 valence electrons. The molecule has 1 aliphatic heterocycles. The van der Waals surface area contributed by atoms with E-state index in [2.05, 4.69) is 10.2 Å². The Morgan fingerprint density at radius 1 is 1.17 bits per heavy atom. The van der Waals surface area contributed by atoms with E-state index in [1.807, 2.05) is 0 Å². The van der Waals surface area contributed by atoms with Crippen molar-refractivity contribution in [2.45, 2.75) is 82.4 Å². The Bertz CT molecular complexity index is 417. The third-order valence-electron chi connectivity index (χ3n) is 6.60. The molecule has 2 atom stereocenters. The highest BCUT2D eigenvalue weighted by Crippen LogP contribution is 2.44. The van der Waals surface area contributed by atoms with Crippen LogP contribution in [0.1, 0.15) is 64.2 Å². The summed E-state index contributed by atoms with van der Waals surface area (Å²) in [6.07, 6.45) is 10.4. The van der Waals surface area contributed by atoms with Crippen LogP contribution in [-0.4, -0.2) is 60.9 Å². The molecular formula is C19H34N2O3. The van der Waals surface area contributed by atoms with Crippen molar-refractivity contribution in [1.82, 2.24) is 10.2 Å². The fourth-order valence-electron chi connectivity index (χ4n) is 4.72. The first-order valence-electron chi connectivity index (χ1n) is 9.87. The lowest BCUT2D eigenvalue weighted by Crippen LogP contribution is -2.55. The summed E-state index contributed by atoms with van der Waals surface area (Å²) in [6, 6.07) is 0.643. The third kappa shape index (κ3) is 3.94. The van der Waals surface area contributed by atoms with Crippen molar-refractivity contribution < 1.29 is 14.6 Å². The lowest BCUT2D eigenvalue weighted by atomic mass is 9.66. The number of aliphatic hydroxyl groups excluding tert-OH is 1. The van der Waals surface area contributed by atoms with E-state index < -0.39 is 0 Å². The van der Waals surface area contributed by atoms with Gasteiger partial charge in [0.1, 0.15) is 0 Å². The topological polar surface area (TPSA) is 61.8 Å². The minimum atomic E-state index is -0.160. The quantitative estimate of drug-likeness (QED) is 0.778. The molecular weight excluding hydrogens is 304 g/mol. The zero-order chi connectivity index (χ0) is 17.0. The molecule has 0 radical (unpaired) electrons. The summed E-state index contributed by atoms with van der Waals surface area (Å²) in [5.41, 5.74) is -0.160. The average molecular weight is 338 g/mol. The van der Waals surface area contributed by atoms with Gasteiger partial charge in [-0.15, -0.1) is 0 Å². The number of carbonyl (C=O) groups is 1. The summed E-state index contributed by atoms with van der Waals surface area (Å²) in [4.78, 5) is 15.2. The number of ether oxygens (including phenoxy) is 1. The summed E-state index contributed by atoms with van der Waals surface area (Å²) in [5.74, 6) is 0.252. The zero-order valence-corrected chi connectivity index (χ0v) is 15.1. The molecule has 0 bridgehead atoms. The molecule has 0 aromatic heterocycles. The predicted octanol–water partition coefficient (Wildman–Crippen LogP) is 2.08. The minimum absolute atomic E-state index is 0.155. The van der Waals surface area contributed by atoms with Gasteiger partial charge >= 0.3 is 0 Å². The number of nitrogens with zero attached hydrogens (tertiary/aromatic N) is 1. The Balaban J connectivity index is 1.45. The average Bonchev–Trinajstić information content (AvgIpc) is 2.55. The van der Waals surface area contributed by atoms with Gasteiger partial charge < -0.3 is 15.2 Å². The first kappa shape index (κ1) is 18.2. The highest BCUT2D eigenvalue weighted by atomic mass is 16.5. The fraction of sp³-hybridized carbons (Fsp3) is 0.947. The van der Waals surface area contributed by atoms with Crippen molar-refractivity contribution in [1.29, 1.82) is 0 Å². The Morgan fingerprint density at radius 3 is 2.46 bits per heavy atom. The van der Waals surface area contributed by atoms with Gasteiger partial charge in [0.25, 0.3) is 0 Å². The highest BCUT2D eigenvalue weighted by Gasteiger charge is 2.44. The second kappa shape index (κ2) is 8.15. The molecule has 0 aromatic rings. The lowest BCUT2D eigenvalue weighted by Gasteiger charge is -2.44. The SMILES string of the molecule is COCCC1(C(=O)NC2CCN(C3CCCCC3O)CC2)CCC1. The van der Waals surface area contributed by atoms with Crippen molar-refractivity contribution in [3.8, 4) is 0 Å². The van der Waals surface area contributed by atoms with Crippen molar-refractivity contribution in [3.63, 3.8) is 0 Å². The Morgan fingerprint density at radius 2 is 1.88 bits per heavy atom. The van der Waals surface area contributed by atoms with Crippen molar-refractivity contribution in [3.05, 3.63) is 0 Å². The van der Waals surface area contributed by atoms with E-state index in [4.69, 9.17) is 4.74 Å². The van der Waals surface area contributed by atoms with Crippen LogP contribution >= 0.6 is 0 Å². The van der Waals surface area contributed by atoms with Crippen LogP contribution in [-0.2, 0) is 9.53 Å². The number of amides is 1. The molecule has 0 aromatic carbocycles. The highest BCUT2D eigenvalue weighted by molar-refractivity contribution is 5.83. The van der Waals surface area contributed by atoms with E-state index in [0.29, 0.717) is 18.7 Å². The number of methoxy groups -OCH3 is 1. The zero-order valence-electron chi connectivity index (χ0n) is 15.1. The van der Waals surface area contributed by atoms with Gasteiger partial charge in [-0.05, 0) is 44.9 Å². The van der Waals surface area contributed by atoms with Crippen LogP contribution in [0.25, 0.3) is 0 Å². The number of aliphatic hydroxyl groups is 1. The molecule has 1 amide bonds. The van der Waals surface area contributed by atoms with E-state index in [1.165, 1.54) is 6.42 Å². The van der Waals surface area contributed by atoms with Gasteiger partial charge in [-0.1, -0.05) is 19.3 Å². The van der Waals surface area contributed by atoms with Crippen LogP contribution in [0.2, 0.25) is 0 Å². The molecule has 3 rings (SSSR count). The van der Waals surface area contributed by atoms with E-state index >= 15 is 0 Å². The predicted molar refractivity (Wildman–Crippen MR) is 93.8 cm³/mol. The maximum absolute atomic E-state index is 12.7. The maximum Gasteiger partial charge on any atom is 0.226 e. The molecule has 1 heterocycles. The summed E-state index contributed by atoms with van der Waals surface area (Å²) < 4.78 is 5.19. The largest absolute Gasteiger partial charge is 0.391 e. The monoisotopic (exact) mass is 338 g/mol. The molecule has 2 saturated carbocycles. The van der Waals surface area contributed by atoms with Crippen LogP contribution in [0.15, 0.2) is 0 Å². The summed E-state index contributed by atoms with van der Waals surface area (Å²) in [5, 5.41) is 13.6. The molecule has 2 unspecified atom stereocenters.